The molecule has 3 rings (SSSR count). The van der Waals surface area contributed by atoms with Crippen LogP contribution in [0.1, 0.15) is 42.9 Å². The molecule has 0 saturated carbocycles. The number of thiazole rings is 1. The first-order valence-corrected chi connectivity index (χ1v) is 9.22. The van der Waals surface area contributed by atoms with E-state index in [9.17, 15) is 4.79 Å². The number of nitrogens with zero attached hydrogens (tertiary/aromatic N) is 4. The summed E-state index contributed by atoms with van der Waals surface area (Å²) in [6.07, 6.45) is 4.44. The molecule has 0 aliphatic carbocycles. The van der Waals surface area contributed by atoms with Crippen molar-refractivity contribution in [3.63, 3.8) is 0 Å². The Morgan fingerprint density at radius 2 is 2.20 bits per heavy atom. The van der Waals surface area contributed by atoms with Crippen LogP contribution in [0.15, 0.2) is 48.1 Å². The standard InChI is InChI=1S/C19H22N4OS/c1-5-11-22-15-8-7-14(6-2)12-17(15)25-19(22)21-18(24)16-9-10-20-23(16)13(3)4/h5,7-10,12-13H,1,6,11H2,2-4H3. The molecule has 0 bridgehead atoms. The molecule has 0 unspecified atom stereocenters. The van der Waals surface area contributed by atoms with Gasteiger partial charge in [-0.05, 0) is 44.0 Å². The minimum atomic E-state index is -0.272. The largest absolute Gasteiger partial charge is 0.312 e. The lowest BCUT2D eigenvalue weighted by atomic mass is 10.2. The summed E-state index contributed by atoms with van der Waals surface area (Å²) in [6, 6.07) is 8.21. The molecule has 0 atom stereocenters. The van der Waals surface area contributed by atoms with Gasteiger partial charge in [0.15, 0.2) is 4.80 Å². The van der Waals surface area contributed by atoms with Gasteiger partial charge in [0.1, 0.15) is 5.69 Å². The van der Waals surface area contributed by atoms with Crippen molar-refractivity contribution in [1.82, 2.24) is 14.3 Å². The minimum Gasteiger partial charge on any atom is -0.312 e. The Balaban J connectivity index is 2.14. The van der Waals surface area contributed by atoms with Crippen LogP contribution in [0, 0.1) is 0 Å². The first kappa shape index (κ1) is 17.4. The molecule has 1 aromatic carbocycles. The van der Waals surface area contributed by atoms with Gasteiger partial charge in [0.05, 0.1) is 10.2 Å². The number of hydrogen-bond donors (Lipinski definition) is 0. The van der Waals surface area contributed by atoms with Crippen molar-refractivity contribution in [2.45, 2.75) is 39.8 Å². The van der Waals surface area contributed by atoms with E-state index in [0.29, 0.717) is 17.0 Å². The summed E-state index contributed by atoms with van der Waals surface area (Å²) < 4.78 is 4.86. The predicted octanol–water partition coefficient (Wildman–Crippen LogP) is 3.97. The third-order valence-electron chi connectivity index (χ3n) is 4.04. The van der Waals surface area contributed by atoms with Crippen LogP contribution in [0.25, 0.3) is 10.2 Å². The van der Waals surface area contributed by atoms with E-state index in [1.165, 1.54) is 16.9 Å². The zero-order valence-electron chi connectivity index (χ0n) is 14.8. The van der Waals surface area contributed by atoms with E-state index in [1.807, 2.05) is 24.5 Å². The number of allylic oxidation sites excluding steroid dienone is 1. The summed E-state index contributed by atoms with van der Waals surface area (Å²) in [5.74, 6) is -0.272. The number of fused-ring (bicyclic) bond motifs is 1. The molecule has 0 aliphatic heterocycles. The van der Waals surface area contributed by atoms with Crippen LogP contribution in [-0.4, -0.2) is 20.3 Å². The highest BCUT2D eigenvalue weighted by molar-refractivity contribution is 7.16. The Morgan fingerprint density at radius 1 is 1.40 bits per heavy atom. The smallest absolute Gasteiger partial charge is 0.297 e. The average molecular weight is 354 g/mol. The number of aromatic nitrogens is 3. The lowest BCUT2D eigenvalue weighted by Gasteiger charge is -2.07. The van der Waals surface area contributed by atoms with Gasteiger partial charge in [0.25, 0.3) is 5.91 Å². The van der Waals surface area contributed by atoms with E-state index in [-0.39, 0.29) is 11.9 Å². The lowest BCUT2D eigenvalue weighted by Crippen LogP contribution is -2.18. The van der Waals surface area contributed by atoms with Crippen molar-refractivity contribution in [3.05, 3.63) is 59.2 Å². The third kappa shape index (κ3) is 3.35. The first-order chi connectivity index (χ1) is 12.0. The van der Waals surface area contributed by atoms with E-state index in [4.69, 9.17) is 0 Å². The van der Waals surface area contributed by atoms with Crippen LogP contribution in [0.4, 0.5) is 0 Å². The third-order valence-corrected chi connectivity index (χ3v) is 5.08. The van der Waals surface area contributed by atoms with Crippen LogP contribution >= 0.6 is 11.3 Å². The summed E-state index contributed by atoms with van der Waals surface area (Å²) in [7, 11) is 0. The minimum absolute atomic E-state index is 0.110. The Labute approximate surface area is 150 Å². The summed E-state index contributed by atoms with van der Waals surface area (Å²) in [5.41, 5.74) is 2.85. The van der Waals surface area contributed by atoms with E-state index in [0.717, 1.165) is 16.6 Å². The number of hydrogen-bond acceptors (Lipinski definition) is 3. The van der Waals surface area contributed by atoms with Gasteiger partial charge in [0.2, 0.25) is 0 Å². The molecule has 2 aromatic heterocycles. The van der Waals surface area contributed by atoms with Crippen molar-refractivity contribution in [1.29, 1.82) is 0 Å². The zero-order chi connectivity index (χ0) is 18.0. The van der Waals surface area contributed by atoms with Gasteiger partial charge in [-0.2, -0.15) is 10.1 Å². The molecule has 0 spiro atoms. The lowest BCUT2D eigenvalue weighted by molar-refractivity contribution is 0.0986. The number of carbonyl (C=O) groups is 1. The molecule has 0 radical (unpaired) electrons. The summed E-state index contributed by atoms with van der Waals surface area (Å²) >= 11 is 1.53. The van der Waals surface area contributed by atoms with E-state index >= 15 is 0 Å². The highest BCUT2D eigenvalue weighted by Crippen LogP contribution is 2.20. The maximum Gasteiger partial charge on any atom is 0.297 e. The van der Waals surface area contributed by atoms with Gasteiger partial charge in [-0.15, -0.1) is 6.58 Å². The molecule has 25 heavy (non-hydrogen) atoms. The molecule has 1 amide bonds. The van der Waals surface area contributed by atoms with Gasteiger partial charge in [0, 0.05) is 18.8 Å². The molecule has 0 fully saturated rings. The topological polar surface area (TPSA) is 52.2 Å². The van der Waals surface area contributed by atoms with Crippen LogP contribution in [0.5, 0.6) is 0 Å². The van der Waals surface area contributed by atoms with Gasteiger partial charge in [-0.25, -0.2) is 0 Å². The summed E-state index contributed by atoms with van der Waals surface area (Å²) in [4.78, 5) is 17.8. The highest BCUT2D eigenvalue weighted by Gasteiger charge is 2.14. The molecule has 2 heterocycles. The molecule has 6 heteroatoms. The molecular formula is C19H22N4OS. The van der Waals surface area contributed by atoms with Crippen LogP contribution in [-0.2, 0) is 13.0 Å². The van der Waals surface area contributed by atoms with E-state index < -0.39 is 0 Å². The second-order valence-corrected chi connectivity index (χ2v) is 7.12. The molecule has 0 aliphatic rings. The molecule has 3 aromatic rings. The second kappa shape index (κ2) is 7.19. The molecular weight excluding hydrogens is 332 g/mol. The van der Waals surface area contributed by atoms with Gasteiger partial charge >= 0.3 is 0 Å². The predicted molar refractivity (Wildman–Crippen MR) is 102 cm³/mol. The van der Waals surface area contributed by atoms with Crippen molar-refractivity contribution in [3.8, 4) is 0 Å². The first-order valence-electron chi connectivity index (χ1n) is 8.40. The summed E-state index contributed by atoms with van der Waals surface area (Å²) in [5, 5.41) is 4.22. The number of aryl methyl sites for hydroxylation is 1. The van der Waals surface area contributed by atoms with Crippen molar-refractivity contribution < 1.29 is 4.79 Å². The van der Waals surface area contributed by atoms with Gasteiger partial charge in [-0.3, -0.25) is 9.48 Å². The van der Waals surface area contributed by atoms with Gasteiger partial charge in [-0.1, -0.05) is 30.4 Å². The molecule has 0 saturated heterocycles. The Bertz CT molecular complexity index is 990. The van der Waals surface area contributed by atoms with Crippen molar-refractivity contribution >= 4 is 27.5 Å². The monoisotopic (exact) mass is 354 g/mol. The maximum atomic E-state index is 12.7. The Morgan fingerprint density at radius 3 is 2.88 bits per heavy atom. The van der Waals surface area contributed by atoms with Crippen LogP contribution in [0.3, 0.4) is 0 Å². The van der Waals surface area contributed by atoms with Crippen molar-refractivity contribution in [2.75, 3.05) is 0 Å². The fraction of sp³-hybridized carbons (Fsp3) is 0.316. The maximum absolute atomic E-state index is 12.7. The number of rotatable bonds is 5. The molecule has 5 nitrogen and oxygen atoms in total. The van der Waals surface area contributed by atoms with Crippen LogP contribution in [0.2, 0.25) is 0 Å². The molecule has 0 N–H and O–H groups in total. The zero-order valence-corrected chi connectivity index (χ0v) is 15.6. The normalized spacial score (nSPS) is 12.2. The fourth-order valence-corrected chi connectivity index (χ4v) is 3.87. The summed E-state index contributed by atoms with van der Waals surface area (Å²) in [6.45, 7) is 10.6. The number of carbonyl (C=O) groups excluding carboxylic acids is 1. The van der Waals surface area contributed by atoms with E-state index in [2.05, 4.69) is 41.8 Å². The Kier molecular flexibility index (Phi) is 4.99. The molecule has 130 valence electrons. The average Bonchev–Trinajstić information content (AvgIpc) is 3.20. The quantitative estimate of drug-likeness (QED) is 0.651. The van der Waals surface area contributed by atoms with E-state index in [1.54, 1.807) is 16.9 Å². The van der Waals surface area contributed by atoms with Crippen LogP contribution < -0.4 is 4.80 Å². The Hall–Kier alpha value is -2.47. The van der Waals surface area contributed by atoms with Gasteiger partial charge < -0.3 is 4.57 Å². The highest BCUT2D eigenvalue weighted by atomic mass is 32.1. The SMILES string of the molecule is C=CCn1c(=NC(=O)c2ccnn2C(C)C)sc2cc(CC)ccc21. The number of benzene rings is 1. The van der Waals surface area contributed by atoms with Crippen molar-refractivity contribution in [2.24, 2.45) is 4.99 Å². The fourth-order valence-electron chi connectivity index (χ4n) is 2.77. The second-order valence-electron chi connectivity index (χ2n) is 6.11. The number of amides is 1.